The zero-order valence-electron chi connectivity index (χ0n) is 12.4. The predicted molar refractivity (Wildman–Crippen MR) is 78.8 cm³/mol. The molecule has 2 aliphatic rings. The number of rotatable bonds is 4. The first-order valence-corrected chi connectivity index (χ1v) is 7.64. The van der Waals surface area contributed by atoms with Crippen molar-refractivity contribution in [3.63, 3.8) is 0 Å². The van der Waals surface area contributed by atoms with Crippen LogP contribution in [0.5, 0.6) is 0 Å². The molecule has 4 nitrogen and oxygen atoms in total. The number of hydrogen-bond acceptors (Lipinski definition) is 3. The molecule has 22 heavy (non-hydrogen) atoms. The molecule has 3 atom stereocenters. The summed E-state index contributed by atoms with van der Waals surface area (Å²) in [7, 11) is 0. The molecule has 0 aromatic carbocycles. The van der Waals surface area contributed by atoms with Gasteiger partial charge in [0.15, 0.2) is 0 Å². The predicted octanol–water partition coefficient (Wildman–Crippen LogP) is 2.54. The number of ether oxygens (including phenoxy) is 1. The van der Waals surface area contributed by atoms with Crippen molar-refractivity contribution in [1.29, 1.82) is 0 Å². The number of nitrogens with two attached hydrogens (primary N) is 1. The smallest absolute Gasteiger partial charge is 0.364 e. The number of hydrogen-bond donors (Lipinski definition) is 2. The highest BCUT2D eigenvalue weighted by atomic mass is 35.5. The average molecular weight is 345 g/mol. The highest BCUT2D eigenvalue weighted by Gasteiger charge is 2.46. The maximum atomic E-state index is 13.2. The fourth-order valence-corrected chi connectivity index (χ4v) is 3.25. The largest absolute Gasteiger partial charge is 0.408 e. The Morgan fingerprint density at radius 2 is 1.82 bits per heavy atom. The Bertz CT molecular complexity index is 362. The Morgan fingerprint density at radius 1 is 1.18 bits per heavy atom. The molecule has 0 bridgehead atoms. The van der Waals surface area contributed by atoms with Crippen LogP contribution in [0.15, 0.2) is 0 Å². The number of halogens is 4. The molecule has 1 saturated heterocycles. The highest BCUT2D eigenvalue weighted by Crippen LogP contribution is 2.35. The van der Waals surface area contributed by atoms with Gasteiger partial charge in [-0.3, -0.25) is 4.79 Å². The molecule has 2 rings (SSSR count). The van der Waals surface area contributed by atoms with E-state index in [4.69, 9.17) is 10.5 Å². The lowest BCUT2D eigenvalue weighted by Crippen LogP contribution is -2.53. The first-order valence-electron chi connectivity index (χ1n) is 7.64. The van der Waals surface area contributed by atoms with Gasteiger partial charge in [-0.2, -0.15) is 13.2 Å². The monoisotopic (exact) mass is 344 g/mol. The Hall–Kier alpha value is -0.530. The van der Waals surface area contributed by atoms with E-state index in [9.17, 15) is 18.0 Å². The van der Waals surface area contributed by atoms with Gasteiger partial charge in [0.1, 0.15) is 12.1 Å². The van der Waals surface area contributed by atoms with Crippen molar-refractivity contribution < 1.29 is 22.7 Å². The van der Waals surface area contributed by atoms with Gasteiger partial charge < -0.3 is 15.8 Å². The fraction of sp³-hybridized carbons (Fsp3) is 0.929. The molecule has 3 N–H and O–H groups in total. The lowest BCUT2D eigenvalue weighted by molar-refractivity contribution is -0.176. The van der Waals surface area contributed by atoms with Gasteiger partial charge in [0.25, 0.3) is 0 Å². The van der Waals surface area contributed by atoms with Crippen LogP contribution in [0.1, 0.15) is 44.9 Å². The van der Waals surface area contributed by atoms with E-state index >= 15 is 0 Å². The lowest BCUT2D eigenvalue weighted by atomic mass is 9.83. The molecule has 1 unspecified atom stereocenters. The molecule has 0 aromatic rings. The molecule has 1 saturated carbocycles. The van der Waals surface area contributed by atoms with Crippen molar-refractivity contribution in [3.05, 3.63) is 0 Å². The van der Waals surface area contributed by atoms with Crippen molar-refractivity contribution in [1.82, 2.24) is 5.32 Å². The van der Waals surface area contributed by atoms with Crippen LogP contribution in [0.2, 0.25) is 0 Å². The van der Waals surface area contributed by atoms with Crippen molar-refractivity contribution in [2.24, 2.45) is 11.7 Å². The van der Waals surface area contributed by atoms with Gasteiger partial charge >= 0.3 is 6.18 Å². The Labute approximate surface area is 134 Å². The minimum atomic E-state index is -4.41. The summed E-state index contributed by atoms with van der Waals surface area (Å²) in [6, 6.07) is -1.76. The molecule has 1 heterocycles. The lowest BCUT2D eigenvalue weighted by Gasteiger charge is -2.32. The number of carbonyl (C=O) groups excluding carboxylic acids is 1. The first kappa shape index (κ1) is 19.5. The Morgan fingerprint density at radius 3 is 2.32 bits per heavy atom. The van der Waals surface area contributed by atoms with Crippen LogP contribution >= 0.6 is 12.4 Å². The van der Waals surface area contributed by atoms with E-state index in [1.807, 2.05) is 0 Å². The van der Waals surface area contributed by atoms with E-state index in [2.05, 4.69) is 5.32 Å². The zero-order valence-corrected chi connectivity index (χ0v) is 13.2. The summed E-state index contributed by atoms with van der Waals surface area (Å²) in [5.74, 6) is -1.17. The van der Waals surface area contributed by atoms with E-state index in [0.29, 0.717) is 25.7 Å². The molecule has 8 heteroatoms. The number of carbonyl (C=O) groups is 1. The van der Waals surface area contributed by atoms with Gasteiger partial charge in [-0.05, 0) is 31.6 Å². The van der Waals surface area contributed by atoms with Crippen LogP contribution in [-0.2, 0) is 9.53 Å². The maximum absolute atomic E-state index is 13.2. The summed E-state index contributed by atoms with van der Waals surface area (Å²) >= 11 is 0. The molecule has 0 spiro atoms. The quantitative estimate of drug-likeness (QED) is 0.823. The van der Waals surface area contributed by atoms with Crippen molar-refractivity contribution in [2.45, 2.75) is 69.4 Å². The Balaban J connectivity index is 0.00000242. The fourth-order valence-electron chi connectivity index (χ4n) is 3.25. The first-order chi connectivity index (χ1) is 9.91. The average Bonchev–Trinajstić information content (AvgIpc) is 2.93. The number of alkyl halides is 3. The standard InChI is InChI=1S/C14H23F3N2O2.ClH/c15-14(16,17)12(9-4-2-1-3-5-9)19-13(20)11-7-6-10(8-18)21-11;/h9-12H,1-8,18H2,(H,19,20);1H/t10-,11+,12?;/m1./s1. The van der Waals surface area contributed by atoms with Gasteiger partial charge in [0, 0.05) is 6.54 Å². The number of nitrogens with one attached hydrogen (secondary N) is 1. The van der Waals surface area contributed by atoms with Gasteiger partial charge in [-0.15, -0.1) is 12.4 Å². The van der Waals surface area contributed by atoms with Crippen LogP contribution in [0.3, 0.4) is 0 Å². The molecule has 1 amide bonds. The molecule has 130 valence electrons. The minimum Gasteiger partial charge on any atom is -0.364 e. The summed E-state index contributed by atoms with van der Waals surface area (Å²) in [6.07, 6.45) is -0.792. The molecular weight excluding hydrogens is 321 g/mol. The maximum Gasteiger partial charge on any atom is 0.408 e. The van der Waals surface area contributed by atoms with E-state index in [1.165, 1.54) is 0 Å². The van der Waals surface area contributed by atoms with Crippen LogP contribution in [-0.4, -0.2) is 36.9 Å². The van der Waals surface area contributed by atoms with Crippen molar-refractivity contribution in [2.75, 3.05) is 6.54 Å². The Kier molecular flexibility index (Phi) is 7.41. The van der Waals surface area contributed by atoms with Crippen LogP contribution in [0.25, 0.3) is 0 Å². The second-order valence-electron chi connectivity index (χ2n) is 5.99. The third kappa shape index (κ3) is 4.99. The summed E-state index contributed by atoms with van der Waals surface area (Å²) < 4.78 is 45.0. The van der Waals surface area contributed by atoms with E-state index in [1.54, 1.807) is 0 Å². The van der Waals surface area contributed by atoms with Gasteiger partial charge in [0.2, 0.25) is 5.91 Å². The molecule has 0 radical (unpaired) electrons. The summed E-state index contributed by atoms with van der Waals surface area (Å²) in [5.41, 5.74) is 5.45. The van der Waals surface area contributed by atoms with Crippen LogP contribution in [0.4, 0.5) is 13.2 Å². The van der Waals surface area contributed by atoms with Crippen molar-refractivity contribution in [3.8, 4) is 0 Å². The van der Waals surface area contributed by atoms with Crippen LogP contribution < -0.4 is 11.1 Å². The second kappa shape index (κ2) is 8.36. The van der Waals surface area contributed by atoms with E-state index in [-0.39, 0.29) is 25.1 Å². The van der Waals surface area contributed by atoms with E-state index < -0.39 is 30.1 Å². The third-order valence-electron chi connectivity index (χ3n) is 4.43. The molecular formula is C14H24ClF3N2O2. The topological polar surface area (TPSA) is 64.4 Å². The highest BCUT2D eigenvalue weighted by molar-refractivity contribution is 5.85. The summed E-state index contributed by atoms with van der Waals surface area (Å²) in [4.78, 5) is 12.0. The minimum absolute atomic E-state index is 0. The molecule has 0 aromatic heterocycles. The molecule has 1 aliphatic heterocycles. The van der Waals surface area contributed by atoms with E-state index in [0.717, 1.165) is 19.3 Å². The summed E-state index contributed by atoms with van der Waals surface area (Å²) in [5, 5.41) is 2.18. The summed E-state index contributed by atoms with van der Waals surface area (Å²) in [6.45, 7) is 0.287. The molecule has 1 aliphatic carbocycles. The van der Waals surface area contributed by atoms with Gasteiger partial charge in [-0.25, -0.2) is 0 Å². The second-order valence-corrected chi connectivity index (χ2v) is 5.99. The van der Waals surface area contributed by atoms with Crippen LogP contribution in [0, 0.1) is 5.92 Å². The van der Waals surface area contributed by atoms with Gasteiger partial charge in [0.05, 0.1) is 6.10 Å². The SMILES string of the molecule is Cl.NC[C@H]1CC[C@@H](C(=O)NC(C2CCCCC2)C(F)(F)F)O1. The normalized spacial score (nSPS) is 28.0. The number of amides is 1. The third-order valence-corrected chi connectivity index (χ3v) is 4.43. The van der Waals surface area contributed by atoms with Crippen molar-refractivity contribution >= 4 is 18.3 Å². The zero-order chi connectivity index (χ0) is 15.5. The van der Waals surface area contributed by atoms with Gasteiger partial charge in [-0.1, -0.05) is 19.3 Å². The molecule has 2 fully saturated rings.